The van der Waals surface area contributed by atoms with Gasteiger partial charge in [-0.2, -0.15) is 0 Å². The monoisotopic (exact) mass is 233 g/mol. The van der Waals surface area contributed by atoms with E-state index >= 15 is 0 Å². The molecule has 0 saturated carbocycles. The molecule has 6 radical (unpaired) electrons. The zero-order chi connectivity index (χ0) is 13.4. The van der Waals surface area contributed by atoms with Crippen molar-refractivity contribution in [2.45, 2.75) is 37.1 Å². The van der Waals surface area contributed by atoms with Crippen LogP contribution >= 0.6 is 0 Å². The Morgan fingerprint density at radius 1 is 1.17 bits per heavy atom. The molecule has 1 aliphatic rings. The average molecular weight is 233 g/mol. The molecule has 0 N–H and O–H groups in total. The molecular weight excluding hydrogens is 219 g/mol. The summed E-state index contributed by atoms with van der Waals surface area (Å²) in [5, 5.41) is -1.19. The predicted molar refractivity (Wildman–Crippen MR) is 74.6 cm³/mol. The highest BCUT2D eigenvalue weighted by Gasteiger charge is 2.43. The molecule has 86 valence electrons. The van der Waals surface area contributed by atoms with E-state index in [9.17, 15) is 4.79 Å². The third kappa shape index (κ3) is 2.72. The molecule has 1 aromatic rings. The fraction of sp³-hybridized carbons (Fsp3) is 0.462. The number of carbonyl (C=O) groups is 1. The van der Waals surface area contributed by atoms with Crippen LogP contribution in [0.2, 0.25) is 0 Å². The van der Waals surface area contributed by atoms with Crippen LogP contribution < -0.4 is 0 Å². The van der Waals surface area contributed by atoms with Crippen LogP contribution in [0.5, 0.6) is 0 Å². The largest absolute Gasteiger partial charge is 0.313 e. The number of hydrogen-bond donors (Lipinski definition) is 0. The van der Waals surface area contributed by atoms with Gasteiger partial charge in [-0.1, -0.05) is 37.3 Å². The van der Waals surface area contributed by atoms with Crippen LogP contribution in [-0.2, 0) is 11.3 Å². The van der Waals surface area contributed by atoms with E-state index in [1.165, 1.54) is 0 Å². The molecule has 1 atom stereocenters. The number of nitrogens with zero attached hydrogens (tertiary/aromatic N) is 1. The number of piperidine rings is 1. The predicted octanol–water partition coefficient (Wildman–Crippen LogP) is 0.727. The first kappa shape index (κ1) is 13.5. The Labute approximate surface area is 112 Å². The second-order valence-corrected chi connectivity index (χ2v) is 5.31. The fourth-order valence-corrected chi connectivity index (χ4v) is 2.54. The van der Waals surface area contributed by atoms with Crippen molar-refractivity contribution in [3.63, 3.8) is 0 Å². The molecule has 5 heteroatoms. The van der Waals surface area contributed by atoms with Crippen LogP contribution in [0, 0.1) is 0 Å². The van der Waals surface area contributed by atoms with Crippen LogP contribution in [0.15, 0.2) is 30.3 Å². The highest BCUT2D eigenvalue weighted by Crippen LogP contribution is 2.33. The van der Waals surface area contributed by atoms with Gasteiger partial charge >= 0.3 is 0 Å². The Morgan fingerprint density at radius 3 is 2.33 bits per heavy atom. The SMILES string of the molecule is [B]C1([B])CC(=O)CC([B])(C)N1Cc1ccccc1. The van der Waals surface area contributed by atoms with Gasteiger partial charge in [-0.25, -0.2) is 0 Å². The molecule has 0 aromatic heterocycles. The van der Waals surface area contributed by atoms with Crippen molar-refractivity contribution >= 4 is 29.3 Å². The number of likely N-dealkylation sites (tertiary alicyclic amines) is 1. The summed E-state index contributed by atoms with van der Waals surface area (Å²) in [5.74, 6) is 0.00862. The Bertz CT molecular complexity index is 425. The number of hydrogen-bond acceptors (Lipinski definition) is 2. The minimum atomic E-state index is -1.19. The van der Waals surface area contributed by atoms with Gasteiger partial charge in [0.25, 0.3) is 0 Å². The van der Waals surface area contributed by atoms with E-state index in [0.717, 1.165) is 5.56 Å². The van der Waals surface area contributed by atoms with E-state index in [1.54, 1.807) is 11.8 Å². The Kier molecular flexibility index (Phi) is 3.46. The molecule has 0 spiro atoms. The van der Waals surface area contributed by atoms with Crippen LogP contribution in [-0.4, -0.2) is 45.0 Å². The van der Waals surface area contributed by atoms with Gasteiger partial charge < -0.3 is 4.90 Å². The molecule has 1 saturated heterocycles. The second kappa shape index (κ2) is 4.62. The molecule has 1 unspecified atom stereocenters. The molecule has 1 fully saturated rings. The van der Waals surface area contributed by atoms with Gasteiger partial charge in [0.05, 0.1) is 23.5 Å². The number of Topliss-reactive ketones (excluding diaryl/α,β-unsaturated/α-hetero) is 1. The number of rotatable bonds is 2. The lowest BCUT2D eigenvalue weighted by Crippen LogP contribution is -2.65. The lowest BCUT2D eigenvalue weighted by Gasteiger charge is -2.54. The first-order valence-corrected chi connectivity index (χ1v) is 6.01. The Hall–Kier alpha value is -0.955. The van der Waals surface area contributed by atoms with Crippen LogP contribution in [0.3, 0.4) is 0 Å². The average Bonchev–Trinajstić information content (AvgIpc) is 2.23. The summed E-state index contributed by atoms with van der Waals surface area (Å²) in [6, 6.07) is 9.83. The van der Waals surface area contributed by atoms with E-state index in [0.29, 0.717) is 6.54 Å². The summed E-state index contributed by atoms with van der Waals surface area (Å²) in [4.78, 5) is 13.4. The van der Waals surface area contributed by atoms with Crippen molar-refractivity contribution in [2.75, 3.05) is 0 Å². The summed E-state index contributed by atoms with van der Waals surface area (Å²) in [6.07, 6.45) is 0.405. The van der Waals surface area contributed by atoms with Crippen molar-refractivity contribution in [3.05, 3.63) is 35.9 Å². The maximum Gasteiger partial charge on any atom is 0.134 e. The number of ketones is 1. The van der Waals surface area contributed by atoms with Gasteiger partial charge in [0.15, 0.2) is 0 Å². The zero-order valence-electron chi connectivity index (χ0n) is 10.6. The lowest BCUT2D eigenvalue weighted by atomic mass is 9.51. The minimum Gasteiger partial charge on any atom is -0.313 e. The molecule has 1 aliphatic heterocycles. The summed E-state index contributed by atoms with van der Waals surface area (Å²) < 4.78 is 0. The van der Waals surface area contributed by atoms with Crippen molar-refractivity contribution in [1.29, 1.82) is 0 Å². The van der Waals surface area contributed by atoms with Crippen molar-refractivity contribution in [2.24, 2.45) is 0 Å². The Balaban J connectivity index is 2.26. The Morgan fingerprint density at radius 2 is 1.78 bits per heavy atom. The van der Waals surface area contributed by atoms with Crippen molar-refractivity contribution in [3.8, 4) is 0 Å². The molecule has 18 heavy (non-hydrogen) atoms. The van der Waals surface area contributed by atoms with Crippen molar-refractivity contribution < 1.29 is 4.79 Å². The highest BCUT2D eigenvalue weighted by molar-refractivity contribution is 6.42. The van der Waals surface area contributed by atoms with Crippen molar-refractivity contribution in [1.82, 2.24) is 4.90 Å². The van der Waals surface area contributed by atoms with E-state index in [1.807, 2.05) is 30.3 Å². The lowest BCUT2D eigenvalue weighted by molar-refractivity contribution is -0.126. The quantitative estimate of drug-likeness (QED) is 0.701. The fourth-order valence-electron chi connectivity index (χ4n) is 2.54. The maximum atomic E-state index is 11.6. The zero-order valence-corrected chi connectivity index (χ0v) is 10.6. The van der Waals surface area contributed by atoms with Gasteiger partial charge in [-0.3, -0.25) is 4.79 Å². The van der Waals surface area contributed by atoms with Gasteiger partial charge in [-0.05, 0) is 16.3 Å². The van der Waals surface area contributed by atoms with Gasteiger partial charge in [0.2, 0.25) is 0 Å². The second-order valence-electron chi connectivity index (χ2n) is 5.31. The first-order chi connectivity index (χ1) is 8.31. The van der Waals surface area contributed by atoms with Gasteiger partial charge in [-0.15, -0.1) is 0 Å². The standard InChI is InChI=1S/C13H14B3NO/c1-12(14)7-11(18)8-13(15,16)17(12)9-10-5-3-2-4-6-10/h2-6H,7-9H2,1H3. The first-order valence-electron chi connectivity index (χ1n) is 6.01. The molecular formula is C13H14B3NO. The van der Waals surface area contributed by atoms with E-state index < -0.39 is 10.8 Å². The molecule has 0 amide bonds. The van der Waals surface area contributed by atoms with E-state index in [4.69, 9.17) is 23.5 Å². The number of benzene rings is 1. The molecule has 1 aromatic carbocycles. The minimum absolute atomic E-state index is 0.00862. The molecule has 2 nitrogen and oxygen atoms in total. The van der Waals surface area contributed by atoms with E-state index in [-0.39, 0.29) is 18.6 Å². The summed E-state index contributed by atoms with van der Waals surface area (Å²) in [5.41, 5.74) is 0.262. The summed E-state index contributed by atoms with van der Waals surface area (Å²) >= 11 is 0. The topological polar surface area (TPSA) is 20.3 Å². The van der Waals surface area contributed by atoms with Crippen LogP contribution in [0.25, 0.3) is 0 Å². The highest BCUT2D eigenvalue weighted by atomic mass is 16.1. The number of carbonyl (C=O) groups excluding carboxylic acids is 1. The summed E-state index contributed by atoms with van der Waals surface area (Å²) in [7, 11) is 18.3. The van der Waals surface area contributed by atoms with E-state index in [2.05, 4.69) is 0 Å². The van der Waals surface area contributed by atoms with Crippen LogP contribution in [0.4, 0.5) is 0 Å². The van der Waals surface area contributed by atoms with Crippen LogP contribution in [0.1, 0.15) is 25.3 Å². The maximum absolute atomic E-state index is 11.6. The van der Waals surface area contributed by atoms with Gasteiger partial charge in [0, 0.05) is 19.4 Å². The smallest absolute Gasteiger partial charge is 0.134 e. The normalized spacial score (nSPS) is 28.2. The molecule has 1 heterocycles. The summed E-state index contributed by atoms with van der Waals surface area (Å²) in [6.45, 7) is 2.33. The molecule has 0 bridgehead atoms. The molecule has 0 aliphatic carbocycles. The molecule has 2 rings (SSSR count). The van der Waals surface area contributed by atoms with Gasteiger partial charge in [0.1, 0.15) is 5.78 Å². The third-order valence-corrected chi connectivity index (χ3v) is 3.34. The third-order valence-electron chi connectivity index (χ3n) is 3.34.